The van der Waals surface area contributed by atoms with E-state index in [0.29, 0.717) is 19.6 Å². The SMILES string of the molecule is CCCCCCCCCCCCCCCCOP(OCCCCCCCCCCCCCCCC)OC1CC(C)(C)OC1=O. The van der Waals surface area contributed by atoms with E-state index in [1.807, 2.05) is 13.8 Å². The zero-order chi connectivity index (χ0) is 32.0. The summed E-state index contributed by atoms with van der Waals surface area (Å²) in [5, 5.41) is 0. The minimum Gasteiger partial charge on any atom is -0.458 e. The van der Waals surface area contributed by atoms with Gasteiger partial charge < -0.3 is 13.8 Å². The molecule has 262 valence electrons. The van der Waals surface area contributed by atoms with E-state index in [0.717, 1.165) is 12.8 Å². The van der Waals surface area contributed by atoms with Crippen LogP contribution in [0.3, 0.4) is 0 Å². The summed E-state index contributed by atoms with van der Waals surface area (Å²) >= 11 is 0. The first-order chi connectivity index (χ1) is 21.5. The minimum atomic E-state index is -1.52. The average molecular weight is 643 g/mol. The van der Waals surface area contributed by atoms with Gasteiger partial charge >= 0.3 is 14.6 Å². The van der Waals surface area contributed by atoms with Gasteiger partial charge in [0, 0.05) is 6.42 Å². The van der Waals surface area contributed by atoms with E-state index in [-0.39, 0.29) is 5.97 Å². The Morgan fingerprint density at radius 2 is 0.841 bits per heavy atom. The van der Waals surface area contributed by atoms with E-state index >= 15 is 0 Å². The highest BCUT2D eigenvalue weighted by Gasteiger charge is 2.42. The molecular formula is C38H75O5P. The fourth-order valence-electron chi connectivity index (χ4n) is 6.06. The Morgan fingerprint density at radius 3 is 1.11 bits per heavy atom. The van der Waals surface area contributed by atoms with E-state index in [2.05, 4.69) is 13.8 Å². The van der Waals surface area contributed by atoms with Crippen LogP contribution in [-0.2, 0) is 23.1 Å². The highest BCUT2D eigenvalue weighted by Crippen LogP contribution is 2.45. The first kappa shape index (κ1) is 41.8. The molecule has 1 unspecified atom stereocenters. The second kappa shape index (κ2) is 30.1. The van der Waals surface area contributed by atoms with E-state index in [4.69, 9.17) is 18.3 Å². The van der Waals surface area contributed by atoms with Gasteiger partial charge in [-0.15, -0.1) is 0 Å². The monoisotopic (exact) mass is 643 g/mol. The molecule has 0 aromatic heterocycles. The van der Waals surface area contributed by atoms with Gasteiger partial charge in [-0.05, 0) is 26.7 Å². The van der Waals surface area contributed by atoms with Crippen molar-refractivity contribution in [1.29, 1.82) is 0 Å². The fourth-order valence-corrected chi connectivity index (χ4v) is 7.18. The molecule has 6 heteroatoms. The van der Waals surface area contributed by atoms with Crippen LogP contribution >= 0.6 is 8.60 Å². The standard InChI is InChI=1S/C38H75O5P/c1-5-7-9-11-13-15-17-19-21-23-25-27-29-31-33-40-44(43-36-35-38(3,4)42-37(36)39)41-34-32-30-28-26-24-22-20-18-16-14-12-10-8-6-2/h36H,5-35H2,1-4H3. The molecule has 1 rings (SSSR count). The van der Waals surface area contributed by atoms with E-state index < -0.39 is 20.3 Å². The summed E-state index contributed by atoms with van der Waals surface area (Å²) in [6, 6.07) is 0. The van der Waals surface area contributed by atoms with Crippen molar-refractivity contribution in [1.82, 2.24) is 0 Å². The molecule has 0 aromatic carbocycles. The quantitative estimate of drug-likeness (QED) is 0.0397. The molecule has 0 bridgehead atoms. The molecule has 1 atom stereocenters. The van der Waals surface area contributed by atoms with Crippen molar-refractivity contribution < 1.29 is 23.1 Å². The molecule has 1 fully saturated rings. The third-order valence-electron chi connectivity index (χ3n) is 8.92. The highest BCUT2D eigenvalue weighted by molar-refractivity contribution is 7.41. The fraction of sp³-hybridized carbons (Fsp3) is 0.974. The summed E-state index contributed by atoms with van der Waals surface area (Å²) in [6.07, 6.45) is 37.5. The predicted molar refractivity (Wildman–Crippen MR) is 189 cm³/mol. The van der Waals surface area contributed by atoms with Gasteiger partial charge in [0.2, 0.25) is 0 Å². The maximum Gasteiger partial charge on any atom is 0.336 e. The number of cyclic esters (lactones) is 1. The molecular weight excluding hydrogens is 567 g/mol. The van der Waals surface area contributed by atoms with Crippen LogP contribution in [0, 0.1) is 0 Å². The van der Waals surface area contributed by atoms with Crippen molar-refractivity contribution in [2.24, 2.45) is 0 Å². The summed E-state index contributed by atoms with van der Waals surface area (Å²) in [5.74, 6) is -0.289. The molecule has 0 N–H and O–H groups in total. The maximum atomic E-state index is 12.3. The van der Waals surface area contributed by atoms with Crippen molar-refractivity contribution in [2.75, 3.05) is 13.2 Å². The van der Waals surface area contributed by atoms with E-state index in [1.54, 1.807) is 0 Å². The third-order valence-corrected chi connectivity index (χ3v) is 10.1. The lowest BCUT2D eigenvalue weighted by molar-refractivity contribution is -0.150. The smallest absolute Gasteiger partial charge is 0.336 e. The van der Waals surface area contributed by atoms with Gasteiger partial charge in [0.05, 0.1) is 13.2 Å². The van der Waals surface area contributed by atoms with Crippen molar-refractivity contribution >= 4 is 14.6 Å². The number of rotatable bonds is 34. The number of carbonyl (C=O) groups excluding carboxylic acids is 1. The zero-order valence-corrected chi connectivity index (χ0v) is 30.9. The second-order valence-electron chi connectivity index (χ2n) is 14.1. The topological polar surface area (TPSA) is 54.0 Å². The number of esters is 1. The lowest BCUT2D eigenvalue weighted by Gasteiger charge is -2.19. The van der Waals surface area contributed by atoms with Gasteiger partial charge in [-0.25, -0.2) is 4.79 Å². The number of hydrogen-bond donors (Lipinski definition) is 0. The summed E-state index contributed by atoms with van der Waals surface area (Å²) < 4.78 is 23.6. The summed E-state index contributed by atoms with van der Waals surface area (Å²) in [7, 11) is -1.52. The van der Waals surface area contributed by atoms with Crippen molar-refractivity contribution in [3.05, 3.63) is 0 Å². The van der Waals surface area contributed by atoms with Crippen LogP contribution in [0.5, 0.6) is 0 Å². The normalized spacial score (nSPS) is 16.3. The van der Waals surface area contributed by atoms with Crippen LogP contribution in [0.25, 0.3) is 0 Å². The van der Waals surface area contributed by atoms with Crippen molar-refractivity contribution in [3.63, 3.8) is 0 Å². The highest BCUT2D eigenvalue weighted by atomic mass is 31.2. The Balaban J connectivity index is 2.08. The summed E-state index contributed by atoms with van der Waals surface area (Å²) in [4.78, 5) is 12.3. The maximum absolute atomic E-state index is 12.3. The Hall–Kier alpha value is -0.220. The van der Waals surface area contributed by atoms with E-state index in [9.17, 15) is 4.79 Å². The lowest BCUT2D eigenvalue weighted by atomic mass is 10.0. The van der Waals surface area contributed by atoms with Gasteiger partial charge in [0.15, 0.2) is 6.10 Å². The third kappa shape index (κ3) is 25.9. The van der Waals surface area contributed by atoms with Crippen LogP contribution in [0.15, 0.2) is 0 Å². The van der Waals surface area contributed by atoms with Crippen LogP contribution < -0.4 is 0 Å². The molecule has 5 nitrogen and oxygen atoms in total. The predicted octanol–water partition coefficient (Wildman–Crippen LogP) is 13.3. The largest absolute Gasteiger partial charge is 0.458 e. The molecule has 44 heavy (non-hydrogen) atoms. The number of carbonyl (C=O) groups is 1. The second-order valence-corrected chi connectivity index (χ2v) is 15.2. The Kier molecular flexibility index (Phi) is 28.6. The van der Waals surface area contributed by atoms with Gasteiger partial charge in [0.25, 0.3) is 0 Å². The molecule has 0 radical (unpaired) electrons. The van der Waals surface area contributed by atoms with Gasteiger partial charge in [-0.2, -0.15) is 0 Å². The molecule has 0 saturated carbocycles. The Morgan fingerprint density at radius 1 is 0.545 bits per heavy atom. The van der Waals surface area contributed by atoms with Crippen LogP contribution in [-0.4, -0.2) is 30.9 Å². The van der Waals surface area contributed by atoms with Crippen LogP contribution in [0.1, 0.15) is 214 Å². The molecule has 0 aromatic rings. The Labute approximate surface area is 276 Å². The Bertz CT molecular complexity index is 594. The first-order valence-corrected chi connectivity index (χ1v) is 20.5. The molecule has 1 heterocycles. The zero-order valence-electron chi connectivity index (χ0n) is 30.0. The van der Waals surface area contributed by atoms with Crippen LogP contribution in [0.2, 0.25) is 0 Å². The molecule has 1 saturated heterocycles. The minimum absolute atomic E-state index is 0.289. The summed E-state index contributed by atoms with van der Waals surface area (Å²) in [6.45, 7) is 9.70. The van der Waals surface area contributed by atoms with Crippen LogP contribution in [0.4, 0.5) is 0 Å². The average Bonchev–Trinajstić information content (AvgIpc) is 3.26. The molecule has 0 aliphatic carbocycles. The number of ether oxygens (including phenoxy) is 1. The molecule has 0 spiro atoms. The summed E-state index contributed by atoms with van der Waals surface area (Å²) in [5.41, 5.74) is -0.480. The van der Waals surface area contributed by atoms with Crippen molar-refractivity contribution in [3.8, 4) is 0 Å². The van der Waals surface area contributed by atoms with Gasteiger partial charge in [-0.3, -0.25) is 4.52 Å². The van der Waals surface area contributed by atoms with Crippen molar-refractivity contribution in [2.45, 2.75) is 226 Å². The number of hydrogen-bond acceptors (Lipinski definition) is 5. The first-order valence-electron chi connectivity index (χ1n) is 19.4. The number of unbranched alkanes of at least 4 members (excludes halogenated alkanes) is 26. The molecule has 0 amide bonds. The molecule has 1 aliphatic rings. The van der Waals surface area contributed by atoms with Gasteiger partial charge in [-0.1, -0.05) is 181 Å². The molecule has 1 aliphatic heterocycles. The lowest BCUT2D eigenvalue weighted by Crippen LogP contribution is -2.18. The van der Waals surface area contributed by atoms with Gasteiger partial charge in [0.1, 0.15) is 5.60 Å². The van der Waals surface area contributed by atoms with E-state index in [1.165, 1.54) is 167 Å².